The molecule has 2 fully saturated rings. The van der Waals surface area contributed by atoms with Crippen molar-refractivity contribution in [2.75, 3.05) is 13.1 Å². The minimum absolute atomic E-state index is 0.328. The molecule has 2 heterocycles. The summed E-state index contributed by atoms with van der Waals surface area (Å²) in [5, 5.41) is 13.3. The SMILES string of the molecule is N#Cc1ccccc1CN1CC[C@H](c2nc(C3CC3)no2)C1. The summed E-state index contributed by atoms with van der Waals surface area (Å²) >= 11 is 0. The van der Waals surface area contributed by atoms with E-state index in [4.69, 9.17) is 4.52 Å². The number of hydrogen-bond acceptors (Lipinski definition) is 5. The van der Waals surface area contributed by atoms with E-state index in [1.807, 2.05) is 24.3 Å². The fourth-order valence-corrected chi connectivity index (χ4v) is 3.11. The van der Waals surface area contributed by atoms with Crippen LogP contribution < -0.4 is 0 Å². The topological polar surface area (TPSA) is 66.0 Å². The van der Waals surface area contributed by atoms with E-state index >= 15 is 0 Å². The number of benzene rings is 1. The standard InChI is InChI=1S/C17H18N4O/c18-9-13-3-1-2-4-14(13)10-21-8-7-15(11-21)17-19-16(20-22-17)12-5-6-12/h1-4,12,15H,5-8,10-11H2/t15-/m0/s1. The molecule has 2 aliphatic rings. The monoisotopic (exact) mass is 294 g/mol. The lowest BCUT2D eigenvalue weighted by Gasteiger charge is -2.15. The summed E-state index contributed by atoms with van der Waals surface area (Å²) in [4.78, 5) is 6.94. The van der Waals surface area contributed by atoms with Crippen molar-refractivity contribution in [3.63, 3.8) is 0 Å². The van der Waals surface area contributed by atoms with Gasteiger partial charge in [0.1, 0.15) is 0 Å². The molecule has 1 aromatic carbocycles. The maximum atomic E-state index is 9.18. The highest BCUT2D eigenvalue weighted by molar-refractivity contribution is 5.37. The van der Waals surface area contributed by atoms with Crippen LogP contribution in [-0.4, -0.2) is 28.1 Å². The first-order valence-electron chi connectivity index (χ1n) is 7.87. The molecule has 22 heavy (non-hydrogen) atoms. The Morgan fingerprint density at radius 3 is 2.91 bits per heavy atom. The first kappa shape index (κ1) is 13.5. The van der Waals surface area contributed by atoms with Crippen molar-refractivity contribution in [1.29, 1.82) is 5.26 Å². The van der Waals surface area contributed by atoms with Gasteiger partial charge in [-0.1, -0.05) is 23.4 Å². The van der Waals surface area contributed by atoms with Crippen LogP contribution in [0.1, 0.15) is 53.9 Å². The van der Waals surface area contributed by atoms with Crippen LogP contribution in [0.2, 0.25) is 0 Å². The Balaban J connectivity index is 1.42. The first-order valence-corrected chi connectivity index (χ1v) is 7.87. The van der Waals surface area contributed by atoms with Crippen LogP contribution >= 0.6 is 0 Å². The van der Waals surface area contributed by atoms with Crippen LogP contribution in [0, 0.1) is 11.3 Å². The number of nitrogens with zero attached hydrogens (tertiary/aromatic N) is 4. The molecular formula is C17H18N4O. The molecule has 0 unspecified atom stereocenters. The van der Waals surface area contributed by atoms with Gasteiger partial charge < -0.3 is 4.52 Å². The molecule has 0 radical (unpaired) electrons. The van der Waals surface area contributed by atoms with Crippen LogP contribution in [0.15, 0.2) is 28.8 Å². The maximum absolute atomic E-state index is 9.18. The third kappa shape index (κ3) is 2.62. The molecule has 1 saturated carbocycles. The van der Waals surface area contributed by atoms with E-state index < -0.39 is 0 Å². The zero-order chi connectivity index (χ0) is 14.9. The average molecular weight is 294 g/mol. The van der Waals surface area contributed by atoms with E-state index in [1.54, 1.807) is 0 Å². The van der Waals surface area contributed by atoms with Gasteiger partial charge in [0.25, 0.3) is 0 Å². The molecule has 4 rings (SSSR count). The second-order valence-corrected chi connectivity index (χ2v) is 6.25. The molecule has 5 heteroatoms. The molecule has 1 aliphatic heterocycles. The van der Waals surface area contributed by atoms with Crippen molar-refractivity contribution >= 4 is 0 Å². The predicted octanol–water partition coefficient (Wildman–Crippen LogP) is 2.81. The fraction of sp³-hybridized carbons (Fsp3) is 0.471. The van der Waals surface area contributed by atoms with E-state index in [0.717, 1.165) is 48.9 Å². The predicted molar refractivity (Wildman–Crippen MR) is 80.1 cm³/mol. The molecule has 1 aliphatic carbocycles. The lowest BCUT2D eigenvalue weighted by atomic mass is 10.1. The Morgan fingerprint density at radius 1 is 1.23 bits per heavy atom. The van der Waals surface area contributed by atoms with Gasteiger partial charge in [0.05, 0.1) is 17.6 Å². The molecule has 1 saturated heterocycles. The number of nitriles is 1. The van der Waals surface area contributed by atoms with Crippen molar-refractivity contribution in [2.45, 2.75) is 37.6 Å². The number of rotatable bonds is 4. The average Bonchev–Trinajstić information content (AvgIpc) is 3.10. The molecule has 0 spiro atoms. The lowest BCUT2D eigenvalue weighted by Crippen LogP contribution is -2.20. The summed E-state index contributed by atoms with van der Waals surface area (Å²) in [6.07, 6.45) is 3.43. The van der Waals surface area contributed by atoms with Crippen molar-refractivity contribution in [1.82, 2.24) is 15.0 Å². The largest absolute Gasteiger partial charge is 0.339 e. The van der Waals surface area contributed by atoms with Crippen molar-refractivity contribution < 1.29 is 4.52 Å². The van der Waals surface area contributed by atoms with Crippen molar-refractivity contribution in [3.8, 4) is 6.07 Å². The van der Waals surface area contributed by atoms with Crippen LogP contribution in [0.3, 0.4) is 0 Å². The number of likely N-dealkylation sites (tertiary alicyclic amines) is 1. The van der Waals surface area contributed by atoms with Gasteiger partial charge in [0, 0.05) is 19.0 Å². The highest BCUT2D eigenvalue weighted by atomic mass is 16.5. The van der Waals surface area contributed by atoms with Crippen molar-refractivity contribution in [3.05, 3.63) is 47.1 Å². The molecule has 2 aromatic rings. The maximum Gasteiger partial charge on any atom is 0.231 e. The van der Waals surface area contributed by atoms with Gasteiger partial charge in [-0.05, 0) is 37.4 Å². The Kier molecular flexibility index (Phi) is 3.39. The quantitative estimate of drug-likeness (QED) is 0.867. The summed E-state index contributed by atoms with van der Waals surface area (Å²) in [5.74, 6) is 2.55. The summed E-state index contributed by atoms with van der Waals surface area (Å²) in [6.45, 7) is 2.74. The zero-order valence-electron chi connectivity index (χ0n) is 12.4. The summed E-state index contributed by atoms with van der Waals surface area (Å²) < 4.78 is 5.45. The molecule has 112 valence electrons. The lowest BCUT2D eigenvalue weighted by molar-refractivity contribution is 0.308. The Labute approximate surface area is 129 Å². The van der Waals surface area contributed by atoms with E-state index in [0.29, 0.717) is 11.8 Å². The molecule has 1 aromatic heterocycles. The second kappa shape index (κ2) is 5.54. The van der Waals surface area contributed by atoms with Crippen LogP contribution in [-0.2, 0) is 6.54 Å². The van der Waals surface area contributed by atoms with Crippen LogP contribution in [0.5, 0.6) is 0 Å². The Hall–Kier alpha value is -2.19. The zero-order valence-corrected chi connectivity index (χ0v) is 12.4. The van der Waals surface area contributed by atoms with E-state index in [-0.39, 0.29) is 0 Å². The van der Waals surface area contributed by atoms with Gasteiger partial charge in [-0.3, -0.25) is 4.90 Å². The molecule has 1 atom stereocenters. The highest BCUT2D eigenvalue weighted by Crippen LogP contribution is 2.39. The van der Waals surface area contributed by atoms with Crippen LogP contribution in [0.25, 0.3) is 0 Å². The minimum Gasteiger partial charge on any atom is -0.339 e. The molecule has 0 N–H and O–H groups in total. The highest BCUT2D eigenvalue weighted by Gasteiger charge is 2.32. The normalized spacial score (nSPS) is 21.9. The van der Waals surface area contributed by atoms with Gasteiger partial charge in [-0.25, -0.2) is 0 Å². The first-order chi connectivity index (χ1) is 10.8. The van der Waals surface area contributed by atoms with Crippen molar-refractivity contribution in [2.24, 2.45) is 0 Å². The summed E-state index contributed by atoms with van der Waals surface area (Å²) in [7, 11) is 0. The summed E-state index contributed by atoms with van der Waals surface area (Å²) in [5.41, 5.74) is 1.86. The van der Waals surface area contributed by atoms with Gasteiger partial charge in [0.15, 0.2) is 5.82 Å². The van der Waals surface area contributed by atoms with E-state index in [1.165, 1.54) is 12.8 Å². The Bertz CT molecular complexity index is 713. The third-order valence-corrected chi connectivity index (χ3v) is 4.55. The number of hydrogen-bond donors (Lipinski definition) is 0. The van der Waals surface area contributed by atoms with Gasteiger partial charge in [-0.2, -0.15) is 10.2 Å². The molecule has 0 bridgehead atoms. The smallest absolute Gasteiger partial charge is 0.231 e. The minimum atomic E-state index is 0.328. The van der Waals surface area contributed by atoms with Crippen LogP contribution in [0.4, 0.5) is 0 Å². The van der Waals surface area contributed by atoms with Gasteiger partial charge in [0.2, 0.25) is 5.89 Å². The van der Waals surface area contributed by atoms with E-state index in [9.17, 15) is 5.26 Å². The van der Waals surface area contributed by atoms with E-state index in [2.05, 4.69) is 21.1 Å². The third-order valence-electron chi connectivity index (χ3n) is 4.55. The Morgan fingerprint density at radius 2 is 2.09 bits per heavy atom. The fourth-order valence-electron chi connectivity index (χ4n) is 3.11. The molecular weight excluding hydrogens is 276 g/mol. The molecule has 0 amide bonds. The second-order valence-electron chi connectivity index (χ2n) is 6.25. The molecule has 5 nitrogen and oxygen atoms in total. The van der Waals surface area contributed by atoms with Gasteiger partial charge >= 0.3 is 0 Å². The number of aromatic nitrogens is 2. The van der Waals surface area contributed by atoms with Gasteiger partial charge in [-0.15, -0.1) is 0 Å². The summed E-state index contributed by atoms with van der Waals surface area (Å²) in [6, 6.07) is 10.1.